The SMILES string of the molecule is CCC(=O)c1ccc(OCC(=O)N2CCCSC2=Nc2ccc(OC)c(OC)c2)cc1. The van der Waals surface area contributed by atoms with E-state index in [0.717, 1.165) is 12.2 Å². The van der Waals surface area contributed by atoms with Crippen molar-refractivity contribution in [2.75, 3.05) is 33.1 Å². The molecule has 2 aromatic rings. The van der Waals surface area contributed by atoms with E-state index < -0.39 is 0 Å². The molecule has 0 atom stereocenters. The molecule has 0 N–H and O–H groups in total. The average molecular weight is 443 g/mol. The molecule has 31 heavy (non-hydrogen) atoms. The van der Waals surface area contributed by atoms with Crippen LogP contribution >= 0.6 is 11.8 Å². The van der Waals surface area contributed by atoms with E-state index in [9.17, 15) is 9.59 Å². The molecule has 0 aromatic heterocycles. The molecule has 0 saturated carbocycles. The topological polar surface area (TPSA) is 77.4 Å². The first-order valence-corrected chi connectivity index (χ1v) is 11.0. The van der Waals surface area contributed by atoms with Crippen molar-refractivity contribution < 1.29 is 23.8 Å². The summed E-state index contributed by atoms with van der Waals surface area (Å²) < 4.78 is 16.2. The summed E-state index contributed by atoms with van der Waals surface area (Å²) in [7, 11) is 3.15. The third-order valence-electron chi connectivity index (χ3n) is 4.74. The number of hydrogen-bond donors (Lipinski definition) is 0. The Labute approximate surface area is 186 Å². The summed E-state index contributed by atoms with van der Waals surface area (Å²) in [5.41, 5.74) is 1.31. The Hall–Kier alpha value is -3.00. The highest BCUT2D eigenvalue weighted by molar-refractivity contribution is 8.13. The Morgan fingerprint density at radius 3 is 2.48 bits per heavy atom. The fraction of sp³-hybridized carbons (Fsp3) is 0.348. The molecule has 0 aliphatic carbocycles. The van der Waals surface area contributed by atoms with Crippen molar-refractivity contribution in [2.24, 2.45) is 4.99 Å². The summed E-state index contributed by atoms with van der Waals surface area (Å²) in [6.07, 6.45) is 1.34. The van der Waals surface area contributed by atoms with Gasteiger partial charge in [-0.2, -0.15) is 0 Å². The van der Waals surface area contributed by atoms with E-state index in [1.807, 2.05) is 13.0 Å². The summed E-state index contributed by atoms with van der Waals surface area (Å²) in [5.74, 6) is 2.55. The number of amidine groups is 1. The van der Waals surface area contributed by atoms with Gasteiger partial charge in [-0.15, -0.1) is 0 Å². The molecule has 1 heterocycles. The summed E-state index contributed by atoms with van der Waals surface area (Å²) >= 11 is 1.54. The zero-order valence-corrected chi connectivity index (χ0v) is 18.7. The van der Waals surface area contributed by atoms with Gasteiger partial charge in [0.25, 0.3) is 5.91 Å². The second-order valence-electron chi connectivity index (χ2n) is 6.77. The lowest BCUT2D eigenvalue weighted by atomic mass is 10.1. The van der Waals surface area contributed by atoms with Gasteiger partial charge in [0.2, 0.25) is 0 Å². The summed E-state index contributed by atoms with van der Waals surface area (Å²) in [6.45, 7) is 2.31. The number of amides is 1. The van der Waals surface area contributed by atoms with Gasteiger partial charge in [-0.3, -0.25) is 14.5 Å². The van der Waals surface area contributed by atoms with Crippen LogP contribution in [0.2, 0.25) is 0 Å². The maximum absolute atomic E-state index is 12.8. The van der Waals surface area contributed by atoms with Gasteiger partial charge in [0, 0.05) is 30.3 Å². The highest BCUT2D eigenvalue weighted by Crippen LogP contribution is 2.32. The number of ether oxygens (including phenoxy) is 3. The smallest absolute Gasteiger partial charge is 0.266 e. The monoisotopic (exact) mass is 442 g/mol. The minimum Gasteiger partial charge on any atom is -0.493 e. The molecule has 1 aliphatic rings. The van der Waals surface area contributed by atoms with Crippen LogP contribution in [0.4, 0.5) is 5.69 Å². The highest BCUT2D eigenvalue weighted by atomic mass is 32.2. The lowest BCUT2D eigenvalue weighted by molar-refractivity contribution is -0.129. The minimum absolute atomic E-state index is 0.0731. The van der Waals surface area contributed by atoms with Crippen molar-refractivity contribution >= 4 is 34.3 Å². The van der Waals surface area contributed by atoms with Crippen LogP contribution in [0.25, 0.3) is 0 Å². The molecule has 1 fully saturated rings. The predicted octanol–water partition coefficient (Wildman–Crippen LogP) is 4.33. The second kappa shape index (κ2) is 10.9. The van der Waals surface area contributed by atoms with Crippen LogP contribution in [0.5, 0.6) is 17.2 Å². The quantitative estimate of drug-likeness (QED) is 0.567. The van der Waals surface area contributed by atoms with Gasteiger partial charge in [-0.1, -0.05) is 18.7 Å². The Kier molecular flexibility index (Phi) is 7.94. The molecular weight excluding hydrogens is 416 g/mol. The van der Waals surface area contributed by atoms with Gasteiger partial charge < -0.3 is 14.2 Å². The van der Waals surface area contributed by atoms with Crippen molar-refractivity contribution in [2.45, 2.75) is 19.8 Å². The average Bonchev–Trinajstić information content (AvgIpc) is 2.82. The van der Waals surface area contributed by atoms with Crippen LogP contribution < -0.4 is 14.2 Å². The van der Waals surface area contributed by atoms with Crippen molar-refractivity contribution in [3.05, 3.63) is 48.0 Å². The maximum Gasteiger partial charge on any atom is 0.266 e. The Morgan fingerprint density at radius 2 is 1.81 bits per heavy atom. The van der Waals surface area contributed by atoms with E-state index in [1.54, 1.807) is 55.5 Å². The van der Waals surface area contributed by atoms with E-state index in [2.05, 4.69) is 4.99 Å². The molecule has 7 nitrogen and oxygen atoms in total. The second-order valence-corrected chi connectivity index (χ2v) is 7.83. The van der Waals surface area contributed by atoms with E-state index >= 15 is 0 Å². The van der Waals surface area contributed by atoms with Crippen LogP contribution in [0.15, 0.2) is 47.5 Å². The number of hydrogen-bond acceptors (Lipinski definition) is 7. The molecule has 164 valence electrons. The van der Waals surface area contributed by atoms with Crippen LogP contribution in [0.1, 0.15) is 30.1 Å². The maximum atomic E-state index is 12.8. The Bertz CT molecular complexity index is 959. The van der Waals surface area contributed by atoms with Crippen molar-refractivity contribution in [3.8, 4) is 17.2 Å². The first-order valence-electron chi connectivity index (χ1n) is 10.1. The van der Waals surface area contributed by atoms with Crippen LogP contribution in [-0.2, 0) is 4.79 Å². The Balaban J connectivity index is 1.69. The number of carbonyl (C=O) groups excluding carboxylic acids is 2. The predicted molar refractivity (Wildman–Crippen MR) is 122 cm³/mol. The molecular formula is C23H26N2O5S. The number of thioether (sulfide) groups is 1. The third kappa shape index (κ3) is 5.79. The number of aliphatic imine (C=N–C) groups is 1. The number of rotatable bonds is 8. The van der Waals surface area contributed by atoms with Gasteiger partial charge in [0.1, 0.15) is 5.75 Å². The number of Topliss-reactive ketones (excluding diaryl/α,β-unsaturated/α-hetero) is 1. The summed E-state index contributed by atoms with van der Waals surface area (Å²) in [4.78, 5) is 30.9. The normalized spacial score (nSPS) is 14.9. The Morgan fingerprint density at radius 1 is 1.06 bits per heavy atom. The van der Waals surface area contributed by atoms with E-state index in [4.69, 9.17) is 14.2 Å². The van der Waals surface area contributed by atoms with Gasteiger partial charge in [0.05, 0.1) is 19.9 Å². The van der Waals surface area contributed by atoms with Crippen molar-refractivity contribution in [1.29, 1.82) is 0 Å². The molecule has 0 radical (unpaired) electrons. The molecule has 1 aliphatic heterocycles. The highest BCUT2D eigenvalue weighted by Gasteiger charge is 2.24. The fourth-order valence-electron chi connectivity index (χ4n) is 3.05. The lowest BCUT2D eigenvalue weighted by Gasteiger charge is -2.27. The summed E-state index contributed by atoms with van der Waals surface area (Å²) in [5, 5.41) is 0.635. The molecule has 0 bridgehead atoms. The van der Waals surface area contributed by atoms with Gasteiger partial charge >= 0.3 is 0 Å². The molecule has 8 heteroatoms. The van der Waals surface area contributed by atoms with E-state index in [0.29, 0.717) is 46.6 Å². The largest absolute Gasteiger partial charge is 0.493 e. The summed E-state index contributed by atoms with van der Waals surface area (Å²) in [6, 6.07) is 12.2. The standard InChI is InChI=1S/C23H26N2O5S/c1-4-19(26)16-6-9-18(10-7-16)30-15-22(27)25-12-5-13-31-23(25)24-17-8-11-20(28-2)21(14-17)29-3/h6-11,14H,4-5,12-13,15H2,1-3H3. The van der Waals surface area contributed by atoms with Crippen LogP contribution in [-0.4, -0.2) is 54.9 Å². The van der Waals surface area contributed by atoms with Gasteiger partial charge in [-0.05, 0) is 42.8 Å². The van der Waals surface area contributed by atoms with Crippen LogP contribution in [0, 0.1) is 0 Å². The third-order valence-corrected chi connectivity index (χ3v) is 5.80. The minimum atomic E-state index is -0.167. The molecule has 3 rings (SSSR count). The number of nitrogens with zero attached hydrogens (tertiary/aromatic N) is 2. The fourth-order valence-corrected chi connectivity index (χ4v) is 4.03. The zero-order valence-electron chi connectivity index (χ0n) is 17.9. The number of ketones is 1. The first-order chi connectivity index (χ1) is 15.0. The van der Waals surface area contributed by atoms with Crippen LogP contribution in [0.3, 0.4) is 0 Å². The number of methoxy groups -OCH3 is 2. The van der Waals surface area contributed by atoms with Gasteiger partial charge in [0.15, 0.2) is 29.1 Å². The number of benzene rings is 2. The van der Waals surface area contributed by atoms with Crippen molar-refractivity contribution in [1.82, 2.24) is 4.90 Å². The molecule has 1 amide bonds. The van der Waals surface area contributed by atoms with Gasteiger partial charge in [-0.25, -0.2) is 4.99 Å². The van der Waals surface area contributed by atoms with Crippen molar-refractivity contribution in [3.63, 3.8) is 0 Å². The van der Waals surface area contributed by atoms with E-state index in [-0.39, 0.29) is 18.3 Å². The molecule has 0 unspecified atom stereocenters. The van der Waals surface area contributed by atoms with E-state index in [1.165, 1.54) is 11.8 Å². The molecule has 2 aromatic carbocycles. The lowest BCUT2D eigenvalue weighted by Crippen LogP contribution is -2.41. The molecule has 1 saturated heterocycles. The first kappa shape index (κ1) is 22.7. The molecule has 0 spiro atoms. The number of carbonyl (C=O) groups is 2. The zero-order chi connectivity index (χ0) is 22.2.